The zero-order valence-electron chi connectivity index (χ0n) is 17.8. The predicted molar refractivity (Wildman–Crippen MR) is 115 cm³/mol. The summed E-state index contributed by atoms with van der Waals surface area (Å²) < 4.78 is 0. The number of hydrogen-bond acceptors (Lipinski definition) is 3. The van der Waals surface area contributed by atoms with Gasteiger partial charge in [0.25, 0.3) is 0 Å². The van der Waals surface area contributed by atoms with Crippen LogP contribution in [0, 0.1) is 23.7 Å². The molecule has 29 heavy (non-hydrogen) atoms. The van der Waals surface area contributed by atoms with Gasteiger partial charge in [0.1, 0.15) is 0 Å². The van der Waals surface area contributed by atoms with Crippen LogP contribution in [0.3, 0.4) is 0 Å². The Kier molecular flexibility index (Phi) is 8.80. The van der Waals surface area contributed by atoms with Crippen molar-refractivity contribution in [2.24, 2.45) is 23.7 Å². The highest BCUT2D eigenvalue weighted by Crippen LogP contribution is 2.50. The molecule has 3 aliphatic carbocycles. The van der Waals surface area contributed by atoms with Gasteiger partial charge in [-0.1, -0.05) is 62.3 Å². The molecule has 3 rings (SSSR count). The van der Waals surface area contributed by atoms with Crippen LogP contribution in [0.4, 0.5) is 0 Å². The number of carbonyl (C=O) groups is 1. The first-order valence-corrected chi connectivity index (χ1v) is 12.0. The molecule has 0 aromatic heterocycles. The number of aliphatic hydroxyl groups excluding tert-OH is 2. The Morgan fingerprint density at radius 1 is 1.14 bits per heavy atom. The minimum absolute atomic E-state index is 0.150. The number of aliphatic carboxylic acids is 1. The van der Waals surface area contributed by atoms with Crippen molar-refractivity contribution in [3.63, 3.8) is 0 Å². The predicted octanol–water partition coefficient (Wildman–Crippen LogP) is 5.24. The molecule has 4 heteroatoms. The van der Waals surface area contributed by atoms with Gasteiger partial charge in [-0.3, -0.25) is 4.79 Å². The van der Waals surface area contributed by atoms with Gasteiger partial charge in [-0.15, -0.1) is 0 Å². The SMILES string of the molecule is O=C(O)CCC/C=C1\C[C@@H]2C[C@@H](O)[C@H](/C=C/[C@H](O)CCC3CCCCCC3)[C@H]2C1. The molecule has 0 aromatic carbocycles. The first-order chi connectivity index (χ1) is 14.0. The van der Waals surface area contributed by atoms with Crippen LogP contribution < -0.4 is 0 Å². The molecule has 3 aliphatic rings. The van der Waals surface area contributed by atoms with Crippen molar-refractivity contribution in [2.75, 3.05) is 0 Å². The molecule has 3 saturated carbocycles. The highest BCUT2D eigenvalue weighted by molar-refractivity contribution is 5.66. The third-order valence-corrected chi connectivity index (χ3v) is 7.54. The lowest BCUT2D eigenvalue weighted by molar-refractivity contribution is -0.137. The number of aliphatic hydroxyl groups is 2. The quantitative estimate of drug-likeness (QED) is 0.279. The van der Waals surface area contributed by atoms with Crippen molar-refractivity contribution < 1.29 is 20.1 Å². The van der Waals surface area contributed by atoms with Crippen molar-refractivity contribution in [2.45, 2.75) is 102 Å². The Morgan fingerprint density at radius 2 is 1.90 bits per heavy atom. The van der Waals surface area contributed by atoms with Gasteiger partial charge in [0, 0.05) is 12.3 Å². The second-order valence-corrected chi connectivity index (χ2v) is 9.75. The Balaban J connectivity index is 1.44. The van der Waals surface area contributed by atoms with Crippen LogP contribution >= 0.6 is 0 Å². The van der Waals surface area contributed by atoms with E-state index >= 15 is 0 Å². The van der Waals surface area contributed by atoms with Crippen LogP contribution in [0.15, 0.2) is 23.8 Å². The average Bonchev–Trinajstić information content (AvgIpc) is 3.06. The molecule has 164 valence electrons. The zero-order chi connectivity index (χ0) is 20.6. The van der Waals surface area contributed by atoms with E-state index in [0.717, 1.165) is 44.4 Å². The van der Waals surface area contributed by atoms with Crippen LogP contribution in [0.2, 0.25) is 0 Å². The maximum Gasteiger partial charge on any atom is 0.303 e. The fraction of sp³-hybridized carbons (Fsp3) is 0.800. The Morgan fingerprint density at radius 3 is 2.62 bits per heavy atom. The molecule has 0 aromatic rings. The van der Waals surface area contributed by atoms with Crippen LogP contribution in [-0.4, -0.2) is 33.5 Å². The van der Waals surface area contributed by atoms with Crippen LogP contribution in [0.1, 0.15) is 89.9 Å². The Hall–Kier alpha value is -1.13. The fourth-order valence-corrected chi connectivity index (χ4v) is 5.91. The molecular weight excluding hydrogens is 364 g/mol. The first-order valence-electron chi connectivity index (χ1n) is 12.0. The van der Waals surface area contributed by atoms with Crippen LogP contribution in [-0.2, 0) is 4.79 Å². The average molecular weight is 405 g/mol. The monoisotopic (exact) mass is 404 g/mol. The van der Waals surface area contributed by atoms with Gasteiger partial charge in [-0.05, 0) is 62.7 Å². The Labute approximate surface area is 176 Å². The summed E-state index contributed by atoms with van der Waals surface area (Å²) in [5, 5.41) is 29.7. The molecule has 0 heterocycles. The summed E-state index contributed by atoms with van der Waals surface area (Å²) in [6.45, 7) is 0. The number of allylic oxidation sites excluding steroid dienone is 2. The summed E-state index contributed by atoms with van der Waals surface area (Å²) in [5.41, 5.74) is 1.43. The summed E-state index contributed by atoms with van der Waals surface area (Å²) in [6.07, 6.45) is 20.3. The molecule has 0 radical (unpaired) electrons. The highest BCUT2D eigenvalue weighted by Gasteiger charge is 2.44. The minimum Gasteiger partial charge on any atom is -0.481 e. The third-order valence-electron chi connectivity index (χ3n) is 7.54. The maximum absolute atomic E-state index is 10.6. The van der Waals surface area contributed by atoms with Crippen molar-refractivity contribution >= 4 is 5.97 Å². The largest absolute Gasteiger partial charge is 0.481 e. The van der Waals surface area contributed by atoms with E-state index in [1.54, 1.807) is 0 Å². The number of unbranched alkanes of at least 4 members (excludes halogenated alkanes) is 1. The summed E-state index contributed by atoms with van der Waals surface area (Å²) in [5.74, 6) is 1.22. The maximum atomic E-state index is 10.6. The molecule has 3 N–H and O–H groups in total. The van der Waals surface area contributed by atoms with Crippen molar-refractivity contribution in [3.8, 4) is 0 Å². The van der Waals surface area contributed by atoms with Gasteiger partial charge in [-0.2, -0.15) is 0 Å². The minimum atomic E-state index is -0.724. The highest BCUT2D eigenvalue weighted by atomic mass is 16.4. The summed E-state index contributed by atoms with van der Waals surface area (Å²) in [4.78, 5) is 10.6. The number of fused-ring (bicyclic) bond motifs is 1. The lowest BCUT2D eigenvalue weighted by atomic mass is 9.89. The third kappa shape index (κ3) is 6.96. The molecule has 0 spiro atoms. The second-order valence-electron chi connectivity index (χ2n) is 9.75. The van der Waals surface area contributed by atoms with Crippen LogP contribution in [0.5, 0.6) is 0 Å². The molecule has 0 unspecified atom stereocenters. The molecule has 0 saturated heterocycles. The van der Waals surface area contributed by atoms with E-state index in [1.165, 1.54) is 44.1 Å². The first kappa shape index (κ1) is 22.6. The van der Waals surface area contributed by atoms with Crippen molar-refractivity contribution in [1.82, 2.24) is 0 Å². The van der Waals surface area contributed by atoms with E-state index in [1.807, 2.05) is 6.08 Å². The topological polar surface area (TPSA) is 77.8 Å². The summed E-state index contributed by atoms with van der Waals surface area (Å²) in [6, 6.07) is 0. The molecule has 0 aliphatic heterocycles. The summed E-state index contributed by atoms with van der Waals surface area (Å²) in [7, 11) is 0. The van der Waals surface area contributed by atoms with E-state index in [9.17, 15) is 15.0 Å². The van der Waals surface area contributed by atoms with Gasteiger partial charge >= 0.3 is 5.97 Å². The number of carboxylic acid groups (broad SMARTS) is 1. The standard InChI is InChI=1S/C25H40O4/c26-21(12-11-18-7-3-1-2-4-8-18)13-14-22-23-16-19(9-5-6-10-25(28)29)15-20(23)17-24(22)27/h9,13-14,18,20-24,26-27H,1-8,10-12,15-17H2,(H,28,29)/b14-13+,19-9+/t20-,21-,22-,23+,24-/m1/s1. The number of hydrogen-bond donors (Lipinski definition) is 3. The lowest BCUT2D eigenvalue weighted by Crippen LogP contribution is -2.17. The number of rotatable bonds is 9. The van der Waals surface area contributed by atoms with Crippen molar-refractivity contribution in [1.29, 1.82) is 0 Å². The normalized spacial score (nSPS) is 33.2. The molecule has 4 nitrogen and oxygen atoms in total. The molecule has 0 bridgehead atoms. The summed E-state index contributed by atoms with van der Waals surface area (Å²) >= 11 is 0. The van der Waals surface area contributed by atoms with E-state index < -0.39 is 12.1 Å². The van der Waals surface area contributed by atoms with E-state index in [0.29, 0.717) is 18.3 Å². The van der Waals surface area contributed by atoms with E-state index in [2.05, 4.69) is 12.2 Å². The molecule has 0 amide bonds. The lowest BCUT2D eigenvalue weighted by Gasteiger charge is -2.18. The van der Waals surface area contributed by atoms with Crippen molar-refractivity contribution in [3.05, 3.63) is 23.8 Å². The van der Waals surface area contributed by atoms with Crippen LogP contribution in [0.25, 0.3) is 0 Å². The van der Waals surface area contributed by atoms with Gasteiger partial charge in [0.2, 0.25) is 0 Å². The van der Waals surface area contributed by atoms with Gasteiger partial charge in [0.15, 0.2) is 0 Å². The molecular formula is C25H40O4. The second kappa shape index (κ2) is 11.3. The smallest absolute Gasteiger partial charge is 0.303 e. The van der Waals surface area contributed by atoms with E-state index in [-0.39, 0.29) is 18.4 Å². The molecule has 5 atom stereocenters. The zero-order valence-corrected chi connectivity index (χ0v) is 17.8. The number of carboxylic acids is 1. The van der Waals surface area contributed by atoms with E-state index in [4.69, 9.17) is 5.11 Å². The van der Waals surface area contributed by atoms with Gasteiger partial charge in [0.05, 0.1) is 12.2 Å². The fourth-order valence-electron chi connectivity index (χ4n) is 5.91. The molecule has 3 fully saturated rings. The van der Waals surface area contributed by atoms with Gasteiger partial charge < -0.3 is 15.3 Å². The van der Waals surface area contributed by atoms with Gasteiger partial charge in [-0.25, -0.2) is 0 Å². The Bertz CT molecular complexity index is 573.